The molecule has 0 bridgehead atoms. The van der Waals surface area contributed by atoms with Crippen molar-refractivity contribution < 1.29 is 13.9 Å². The van der Waals surface area contributed by atoms with Crippen LogP contribution < -0.4 is 10.4 Å². The van der Waals surface area contributed by atoms with Crippen LogP contribution in [-0.4, -0.2) is 17.9 Å². The quantitative estimate of drug-likeness (QED) is 0.124. The van der Waals surface area contributed by atoms with E-state index in [1.165, 1.54) is 18.7 Å². The fourth-order valence-corrected chi connectivity index (χ4v) is 5.21. The predicted octanol–water partition coefficient (Wildman–Crippen LogP) is 7.21. The fourth-order valence-electron chi connectivity index (χ4n) is 4.26. The van der Waals surface area contributed by atoms with Crippen molar-refractivity contribution in [2.24, 2.45) is 0 Å². The highest BCUT2D eigenvalue weighted by Crippen LogP contribution is 2.36. The number of benzene rings is 3. The number of pyridine rings is 1. The topological polar surface area (TPSA) is 93.2 Å². The molecular weight excluding hydrogens is 508 g/mol. The monoisotopic (exact) mass is 532 g/mol. The van der Waals surface area contributed by atoms with Crippen LogP contribution in [0.4, 0.5) is 0 Å². The number of thioether (sulfide) groups is 1. The van der Waals surface area contributed by atoms with Gasteiger partial charge in [0.1, 0.15) is 28.0 Å². The Balaban J connectivity index is 1.56. The van der Waals surface area contributed by atoms with E-state index in [2.05, 4.69) is 6.07 Å². The molecule has 0 aliphatic rings. The third kappa shape index (κ3) is 5.47. The van der Waals surface area contributed by atoms with Crippen molar-refractivity contribution in [2.45, 2.75) is 24.6 Å². The molecule has 2 heterocycles. The molecule has 0 aliphatic heterocycles. The summed E-state index contributed by atoms with van der Waals surface area (Å²) in [6.07, 6.45) is 0. The highest BCUT2D eigenvalue weighted by Gasteiger charge is 2.17. The second-order valence-electron chi connectivity index (χ2n) is 9.11. The molecule has 0 fully saturated rings. The summed E-state index contributed by atoms with van der Waals surface area (Å²) in [7, 11) is 1.62. The maximum absolute atomic E-state index is 12.1. The third-order valence-corrected chi connectivity index (χ3v) is 7.44. The number of nitrogens with zero attached hydrogens (tertiary/aromatic N) is 2. The standard InChI is InChI=1S/C32H24N2O4S/c1-19-4-7-23(8-5-19)29-16-27(22-9-11-25(37-3)12-10-22)28(17-33)31(34-29)39-18-21-6-13-30-24(14-21)15-26(20(2)35)32(36)38-30/h4-16H,18H2,1-3H3. The van der Waals surface area contributed by atoms with Crippen LogP contribution in [0.5, 0.6) is 5.75 Å². The number of Topliss-reactive ketones (excluding diaryl/α,β-unsaturated/α-hetero) is 1. The molecular formula is C32H24N2O4S. The number of ether oxygens (including phenoxy) is 1. The van der Waals surface area contributed by atoms with Crippen molar-refractivity contribution >= 4 is 28.5 Å². The largest absolute Gasteiger partial charge is 0.497 e. The van der Waals surface area contributed by atoms with Crippen molar-refractivity contribution in [3.05, 3.63) is 112 Å². The number of methoxy groups -OCH3 is 1. The first-order valence-corrected chi connectivity index (χ1v) is 13.2. The minimum atomic E-state index is -0.640. The van der Waals surface area contributed by atoms with Crippen molar-refractivity contribution in [3.63, 3.8) is 0 Å². The number of carbonyl (C=O) groups excluding carboxylic acids is 1. The lowest BCUT2D eigenvalue weighted by molar-refractivity contribution is 0.101. The van der Waals surface area contributed by atoms with Crippen LogP contribution in [0.2, 0.25) is 0 Å². The average Bonchev–Trinajstić information content (AvgIpc) is 2.95. The summed E-state index contributed by atoms with van der Waals surface area (Å²) in [5.74, 6) is 0.915. The molecule has 0 saturated heterocycles. The summed E-state index contributed by atoms with van der Waals surface area (Å²) in [6.45, 7) is 3.38. The van der Waals surface area contributed by atoms with E-state index in [4.69, 9.17) is 14.1 Å². The van der Waals surface area contributed by atoms with E-state index in [1.54, 1.807) is 19.2 Å². The fraction of sp³-hybridized carbons (Fsp3) is 0.125. The number of nitriles is 1. The molecule has 0 N–H and O–H groups in total. The Labute approximate surface area is 229 Å². The number of hydrogen-bond acceptors (Lipinski definition) is 7. The Bertz CT molecular complexity index is 1800. The first-order valence-electron chi connectivity index (χ1n) is 12.2. The number of rotatable bonds is 7. The minimum absolute atomic E-state index is 0.0238. The zero-order valence-electron chi connectivity index (χ0n) is 21.6. The number of hydrogen-bond donors (Lipinski definition) is 0. The van der Waals surface area contributed by atoms with Crippen molar-refractivity contribution in [1.82, 2.24) is 4.98 Å². The summed E-state index contributed by atoms with van der Waals surface area (Å²) in [5.41, 5.74) is 5.79. The van der Waals surface area contributed by atoms with Crippen LogP contribution in [-0.2, 0) is 5.75 Å². The van der Waals surface area contributed by atoms with Crippen LogP contribution in [0.25, 0.3) is 33.4 Å². The van der Waals surface area contributed by atoms with Gasteiger partial charge in [-0.1, -0.05) is 48.0 Å². The van der Waals surface area contributed by atoms with Gasteiger partial charge in [-0.3, -0.25) is 4.79 Å². The lowest BCUT2D eigenvalue weighted by atomic mass is 9.99. The van der Waals surface area contributed by atoms with E-state index in [0.717, 1.165) is 39.3 Å². The Morgan fingerprint density at radius 3 is 2.38 bits per heavy atom. The van der Waals surface area contributed by atoms with E-state index in [9.17, 15) is 14.9 Å². The molecule has 5 aromatic rings. The number of aromatic nitrogens is 1. The minimum Gasteiger partial charge on any atom is -0.497 e. The van der Waals surface area contributed by atoms with Gasteiger partial charge < -0.3 is 9.15 Å². The molecule has 192 valence electrons. The van der Waals surface area contributed by atoms with Gasteiger partial charge in [0.2, 0.25) is 0 Å². The highest BCUT2D eigenvalue weighted by molar-refractivity contribution is 7.98. The summed E-state index contributed by atoms with van der Waals surface area (Å²) >= 11 is 1.46. The number of aryl methyl sites for hydroxylation is 1. The van der Waals surface area contributed by atoms with Gasteiger partial charge in [0.25, 0.3) is 0 Å². The number of fused-ring (bicyclic) bond motifs is 1. The molecule has 6 nitrogen and oxygen atoms in total. The van der Waals surface area contributed by atoms with Gasteiger partial charge in [-0.2, -0.15) is 5.26 Å². The Morgan fingerprint density at radius 2 is 1.72 bits per heavy atom. The summed E-state index contributed by atoms with van der Waals surface area (Å²) in [6, 6.07) is 27.1. The SMILES string of the molecule is COc1ccc(-c2cc(-c3ccc(C)cc3)nc(SCc3ccc4oc(=O)c(C(C)=O)cc4c3)c2C#N)cc1. The summed E-state index contributed by atoms with van der Waals surface area (Å²) in [5, 5.41) is 11.5. The number of ketones is 1. The molecule has 0 aliphatic carbocycles. The van der Waals surface area contributed by atoms with E-state index >= 15 is 0 Å². The lowest BCUT2D eigenvalue weighted by Crippen LogP contribution is -2.10. The maximum Gasteiger partial charge on any atom is 0.347 e. The van der Waals surface area contributed by atoms with Gasteiger partial charge in [0, 0.05) is 22.3 Å². The molecule has 5 rings (SSSR count). The Kier molecular flexibility index (Phi) is 7.31. The van der Waals surface area contributed by atoms with Gasteiger partial charge in [-0.05, 0) is 61.4 Å². The van der Waals surface area contributed by atoms with Crippen LogP contribution >= 0.6 is 11.8 Å². The van der Waals surface area contributed by atoms with Crippen molar-refractivity contribution in [3.8, 4) is 34.2 Å². The second-order valence-corrected chi connectivity index (χ2v) is 10.1. The van der Waals surface area contributed by atoms with Gasteiger partial charge in [-0.25, -0.2) is 9.78 Å². The van der Waals surface area contributed by atoms with Crippen molar-refractivity contribution in [2.75, 3.05) is 7.11 Å². The second kappa shape index (κ2) is 11.0. The Hall–Kier alpha value is -4.67. The normalized spacial score (nSPS) is 10.8. The molecule has 7 heteroatoms. The zero-order chi connectivity index (χ0) is 27.5. The van der Waals surface area contributed by atoms with Crippen LogP contribution in [0.1, 0.15) is 34.0 Å². The van der Waals surface area contributed by atoms with E-state index < -0.39 is 5.63 Å². The zero-order valence-corrected chi connectivity index (χ0v) is 22.5. The van der Waals surface area contributed by atoms with E-state index in [-0.39, 0.29) is 11.3 Å². The van der Waals surface area contributed by atoms with Gasteiger partial charge >= 0.3 is 5.63 Å². The smallest absolute Gasteiger partial charge is 0.347 e. The molecule has 3 aromatic carbocycles. The first kappa shape index (κ1) is 26.0. The molecule has 0 unspecified atom stereocenters. The van der Waals surface area contributed by atoms with Gasteiger partial charge in [0.05, 0.1) is 18.4 Å². The van der Waals surface area contributed by atoms with E-state index in [0.29, 0.717) is 27.3 Å². The summed E-state index contributed by atoms with van der Waals surface area (Å²) < 4.78 is 10.6. The third-order valence-electron chi connectivity index (χ3n) is 6.40. The Morgan fingerprint density at radius 1 is 1.00 bits per heavy atom. The molecule has 2 aromatic heterocycles. The van der Waals surface area contributed by atoms with Crippen LogP contribution in [0.3, 0.4) is 0 Å². The molecule has 0 amide bonds. The maximum atomic E-state index is 12.1. The number of carbonyl (C=O) groups is 1. The molecule has 0 atom stereocenters. The molecule has 0 spiro atoms. The lowest BCUT2D eigenvalue weighted by Gasteiger charge is -2.13. The van der Waals surface area contributed by atoms with Gasteiger partial charge in [-0.15, -0.1) is 11.8 Å². The van der Waals surface area contributed by atoms with Crippen molar-refractivity contribution in [1.29, 1.82) is 5.26 Å². The average molecular weight is 533 g/mol. The van der Waals surface area contributed by atoms with Crippen LogP contribution in [0.15, 0.2) is 93.1 Å². The molecule has 0 saturated carbocycles. The highest BCUT2D eigenvalue weighted by atomic mass is 32.2. The van der Waals surface area contributed by atoms with Gasteiger partial charge in [0.15, 0.2) is 5.78 Å². The first-order chi connectivity index (χ1) is 18.9. The van der Waals surface area contributed by atoms with E-state index in [1.807, 2.05) is 73.7 Å². The van der Waals surface area contributed by atoms with Crippen LogP contribution in [0, 0.1) is 18.3 Å². The molecule has 39 heavy (non-hydrogen) atoms. The molecule has 0 radical (unpaired) electrons. The summed E-state index contributed by atoms with van der Waals surface area (Å²) in [4.78, 5) is 28.8. The predicted molar refractivity (Wildman–Crippen MR) is 153 cm³/mol.